The Kier molecular flexibility index (Phi) is 10.0. The average Bonchev–Trinajstić information content (AvgIpc) is 2.20. The molecule has 0 spiro atoms. The lowest BCUT2D eigenvalue weighted by Gasteiger charge is -2.26. The van der Waals surface area contributed by atoms with Gasteiger partial charge in [-0.1, -0.05) is 13.3 Å². The van der Waals surface area contributed by atoms with Crippen molar-refractivity contribution in [3.63, 3.8) is 0 Å². The molecule has 0 amide bonds. The van der Waals surface area contributed by atoms with Gasteiger partial charge in [0.1, 0.15) is 0 Å². The highest BCUT2D eigenvalue weighted by Gasteiger charge is 2.10. The fourth-order valence-electron chi connectivity index (χ4n) is 1.61. The maximum Gasteiger partial charge on any atom is 0.0180 e. The van der Waals surface area contributed by atoms with Gasteiger partial charge in [-0.15, -0.1) is 0 Å². The van der Waals surface area contributed by atoms with Crippen LogP contribution in [0, 0.1) is 0 Å². The normalized spacial score (nSPS) is 13.5. The van der Waals surface area contributed by atoms with Crippen molar-refractivity contribution in [1.82, 2.24) is 4.90 Å². The van der Waals surface area contributed by atoms with Gasteiger partial charge in [0.05, 0.1) is 0 Å². The standard InChI is InChI=1S/C11H26N2S/c1-4-11(10-14-3)13(2)9-7-5-6-8-12/h11H,4-10,12H2,1-3H3. The predicted molar refractivity (Wildman–Crippen MR) is 68.0 cm³/mol. The molecule has 0 aromatic heterocycles. The monoisotopic (exact) mass is 218 g/mol. The molecule has 3 heteroatoms. The first-order chi connectivity index (χ1) is 6.76. The number of hydrogen-bond donors (Lipinski definition) is 1. The second-order valence-electron chi connectivity index (χ2n) is 3.85. The molecule has 0 aromatic rings. The molecule has 2 nitrogen and oxygen atoms in total. The van der Waals surface area contributed by atoms with Crippen LogP contribution in [0.2, 0.25) is 0 Å². The van der Waals surface area contributed by atoms with Gasteiger partial charge in [0, 0.05) is 11.8 Å². The van der Waals surface area contributed by atoms with Crippen molar-refractivity contribution in [2.75, 3.05) is 32.1 Å². The maximum atomic E-state index is 5.46. The maximum absolute atomic E-state index is 5.46. The Morgan fingerprint density at radius 1 is 1.29 bits per heavy atom. The molecule has 2 N–H and O–H groups in total. The van der Waals surface area contributed by atoms with Crippen LogP contribution in [-0.4, -0.2) is 43.1 Å². The van der Waals surface area contributed by atoms with Gasteiger partial charge in [0.2, 0.25) is 0 Å². The van der Waals surface area contributed by atoms with Crippen LogP contribution in [0.1, 0.15) is 32.6 Å². The molecular weight excluding hydrogens is 192 g/mol. The van der Waals surface area contributed by atoms with E-state index in [4.69, 9.17) is 5.73 Å². The van der Waals surface area contributed by atoms with Crippen molar-refractivity contribution in [1.29, 1.82) is 0 Å². The fraction of sp³-hybridized carbons (Fsp3) is 1.00. The largest absolute Gasteiger partial charge is 0.330 e. The molecule has 0 aliphatic rings. The number of thioether (sulfide) groups is 1. The van der Waals surface area contributed by atoms with E-state index in [0.29, 0.717) is 0 Å². The zero-order valence-electron chi connectivity index (χ0n) is 9.96. The van der Waals surface area contributed by atoms with Crippen molar-refractivity contribution in [2.24, 2.45) is 5.73 Å². The molecule has 0 aromatic carbocycles. The van der Waals surface area contributed by atoms with Gasteiger partial charge in [-0.3, -0.25) is 0 Å². The Morgan fingerprint density at radius 3 is 2.50 bits per heavy atom. The molecule has 14 heavy (non-hydrogen) atoms. The zero-order chi connectivity index (χ0) is 10.8. The number of unbranched alkanes of at least 4 members (excludes halogenated alkanes) is 2. The Hall–Kier alpha value is 0.270. The molecule has 0 fully saturated rings. The van der Waals surface area contributed by atoms with Crippen LogP contribution in [0.4, 0.5) is 0 Å². The average molecular weight is 218 g/mol. The summed E-state index contributed by atoms with van der Waals surface area (Å²) in [7, 11) is 2.24. The van der Waals surface area contributed by atoms with Gasteiger partial charge in [-0.25, -0.2) is 0 Å². The van der Waals surface area contributed by atoms with Gasteiger partial charge in [0.25, 0.3) is 0 Å². The van der Waals surface area contributed by atoms with Crippen LogP contribution in [-0.2, 0) is 0 Å². The molecule has 0 aliphatic heterocycles. The molecule has 1 unspecified atom stereocenters. The van der Waals surface area contributed by atoms with Crippen LogP contribution in [0.25, 0.3) is 0 Å². The highest BCUT2D eigenvalue weighted by Crippen LogP contribution is 2.09. The van der Waals surface area contributed by atoms with E-state index < -0.39 is 0 Å². The fourth-order valence-corrected chi connectivity index (χ4v) is 2.49. The van der Waals surface area contributed by atoms with Crippen LogP contribution in [0.3, 0.4) is 0 Å². The first kappa shape index (κ1) is 14.3. The molecule has 0 bridgehead atoms. The number of hydrogen-bond acceptors (Lipinski definition) is 3. The van der Waals surface area contributed by atoms with Crippen molar-refractivity contribution in [2.45, 2.75) is 38.6 Å². The van der Waals surface area contributed by atoms with Gasteiger partial charge < -0.3 is 10.6 Å². The molecule has 1 atom stereocenters. The van der Waals surface area contributed by atoms with E-state index in [1.165, 1.54) is 38.0 Å². The lowest BCUT2D eigenvalue weighted by molar-refractivity contribution is 0.250. The van der Waals surface area contributed by atoms with Gasteiger partial charge >= 0.3 is 0 Å². The third-order valence-electron chi connectivity index (χ3n) is 2.67. The second-order valence-corrected chi connectivity index (χ2v) is 4.76. The summed E-state index contributed by atoms with van der Waals surface area (Å²) >= 11 is 1.94. The van der Waals surface area contributed by atoms with E-state index in [9.17, 15) is 0 Å². The number of nitrogens with zero attached hydrogens (tertiary/aromatic N) is 1. The topological polar surface area (TPSA) is 29.3 Å². The lowest BCUT2D eigenvalue weighted by atomic mass is 10.2. The van der Waals surface area contributed by atoms with E-state index in [0.717, 1.165) is 12.6 Å². The summed E-state index contributed by atoms with van der Waals surface area (Å²) in [6.07, 6.45) is 7.18. The Bertz CT molecular complexity index is 120. The highest BCUT2D eigenvalue weighted by atomic mass is 32.2. The Balaban J connectivity index is 3.52. The van der Waals surface area contributed by atoms with Crippen molar-refractivity contribution in [3.05, 3.63) is 0 Å². The first-order valence-corrected chi connectivity index (χ1v) is 7.04. The van der Waals surface area contributed by atoms with Crippen molar-refractivity contribution >= 4 is 11.8 Å². The van der Waals surface area contributed by atoms with Gasteiger partial charge in [-0.2, -0.15) is 11.8 Å². The summed E-state index contributed by atoms with van der Waals surface area (Å²) in [5.74, 6) is 1.25. The highest BCUT2D eigenvalue weighted by molar-refractivity contribution is 7.98. The van der Waals surface area contributed by atoms with E-state index in [1.54, 1.807) is 0 Å². The van der Waals surface area contributed by atoms with E-state index in [1.807, 2.05) is 11.8 Å². The van der Waals surface area contributed by atoms with Crippen LogP contribution < -0.4 is 5.73 Å². The predicted octanol–water partition coefficient (Wildman–Crippen LogP) is 2.19. The molecule has 0 aliphatic carbocycles. The summed E-state index contributed by atoms with van der Waals surface area (Å²) in [5.41, 5.74) is 5.46. The van der Waals surface area contributed by atoms with Crippen molar-refractivity contribution < 1.29 is 0 Å². The molecular formula is C11H26N2S. The smallest absolute Gasteiger partial charge is 0.0180 e. The lowest BCUT2D eigenvalue weighted by Crippen LogP contribution is -2.33. The number of nitrogens with two attached hydrogens (primary N) is 1. The zero-order valence-corrected chi connectivity index (χ0v) is 10.8. The Labute approximate surface area is 93.6 Å². The second kappa shape index (κ2) is 9.81. The first-order valence-electron chi connectivity index (χ1n) is 5.65. The molecule has 0 saturated heterocycles. The SMILES string of the molecule is CCC(CSC)N(C)CCCCCN. The molecule has 0 saturated carbocycles. The molecule has 0 rings (SSSR count). The minimum Gasteiger partial charge on any atom is -0.330 e. The summed E-state index contributed by atoms with van der Waals surface area (Å²) in [5, 5.41) is 0. The van der Waals surface area contributed by atoms with E-state index in [2.05, 4.69) is 25.1 Å². The third kappa shape index (κ3) is 6.68. The van der Waals surface area contributed by atoms with Crippen LogP contribution in [0.5, 0.6) is 0 Å². The van der Waals surface area contributed by atoms with Gasteiger partial charge in [0.15, 0.2) is 0 Å². The van der Waals surface area contributed by atoms with Gasteiger partial charge in [-0.05, 0) is 45.7 Å². The summed E-state index contributed by atoms with van der Waals surface area (Å²) in [6.45, 7) is 4.34. The minimum absolute atomic E-state index is 0.753. The van der Waals surface area contributed by atoms with Crippen LogP contribution in [0.15, 0.2) is 0 Å². The summed E-state index contributed by atoms with van der Waals surface area (Å²) in [6, 6.07) is 0.753. The third-order valence-corrected chi connectivity index (χ3v) is 3.39. The summed E-state index contributed by atoms with van der Waals surface area (Å²) < 4.78 is 0. The molecule has 0 heterocycles. The minimum atomic E-state index is 0.753. The quantitative estimate of drug-likeness (QED) is 0.602. The molecule has 86 valence electrons. The summed E-state index contributed by atoms with van der Waals surface area (Å²) in [4.78, 5) is 2.49. The van der Waals surface area contributed by atoms with E-state index >= 15 is 0 Å². The Morgan fingerprint density at radius 2 is 2.00 bits per heavy atom. The van der Waals surface area contributed by atoms with E-state index in [-0.39, 0.29) is 0 Å². The van der Waals surface area contributed by atoms with Crippen molar-refractivity contribution in [3.8, 4) is 0 Å². The van der Waals surface area contributed by atoms with Crippen LogP contribution >= 0.6 is 11.8 Å². The number of rotatable bonds is 9. The molecule has 0 radical (unpaired) electrons.